The van der Waals surface area contributed by atoms with Crippen molar-refractivity contribution < 1.29 is 14.3 Å². The van der Waals surface area contributed by atoms with Gasteiger partial charge in [-0.05, 0) is 39.2 Å². The molecular weight excluding hydrogens is 312 g/mol. The standard InChI is InChI=1S/C12H20N4O3S2/c1-12(2,3)19-11(18)15-8(5-6-20-4)9(17)16-10(14)21-7-13/h8H,5-6H2,1-4H3,(H,15,18)(H2,14,16,17). The van der Waals surface area contributed by atoms with Gasteiger partial charge in [-0.3, -0.25) is 10.2 Å². The Kier molecular flexibility index (Phi) is 8.89. The lowest BCUT2D eigenvalue weighted by atomic mass is 10.2. The fourth-order valence-corrected chi connectivity index (χ4v) is 1.94. The van der Waals surface area contributed by atoms with Gasteiger partial charge in [0.2, 0.25) is 5.91 Å². The molecular formula is C12H20N4O3S2. The van der Waals surface area contributed by atoms with Crippen LogP contribution in [0.1, 0.15) is 27.2 Å². The average Bonchev–Trinajstić information content (AvgIpc) is 2.32. The number of rotatable bonds is 5. The summed E-state index contributed by atoms with van der Waals surface area (Å²) in [6.07, 6.45) is 1.59. The summed E-state index contributed by atoms with van der Waals surface area (Å²) in [5.41, 5.74) is -0.659. The van der Waals surface area contributed by atoms with E-state index in [9.17, 15) is 9.59 Å². The first-order valence-corrected chi connectivity index (χ1v) is 8.34. The summed E-state index contributed by atoms with van der Waals surface area (Å²) in [5.74, 6) is 0.120. The molecule has 3 N–H and O–H groups in total. The molecule has 2 amide bonds. The van der Waals surface area contributed by atoms with Crippen molar-refractivity contribution in [2.75, 3.05) is 12.0 Å². The third-order valence-corrected chi connectivity index (χ3v) is 3.04. The first-order chi connectivity index (χ1) is 9.69. The van der Waals surface area contributed by atoms with E-state index >= 15 is 0 Å². The first-order valence-electron chi connectivity index (χ1n) is 6.13. The molecule has 0 heterocycles. The molecule has 0 bridgehead atoms. The molecule has 0 rings (SSSR count). The molecule has 0 aromatic carbocycles. The highest BCUT2D eigenvalue weighted by Crippen LogP contribution is 2.08. The maximum absolute atomic E-state index is 12.0. The average molecular weight is 332 g/mol. The highest BCUT2D eigenvalue weighted by molar-refractivity contribution is 8.17. The molecule has 0 saturated heterocycles. The minimum absolute atomic E-state index is 0.275. The van der Waals surface area contributed by atoms with Crippen LogP contribution in [0.25, 0.3) is 0 Å². The quantitative estimate of drug-likeness (QED) is 0.402. The van der Waals surface area contributed by atoms with Crippen molar-refractivity contribution in [2.24, 2.45) is 0 Å². The number of amidine groups is 1. The lowest BCUT2D eigenvalue weighted by Gasteiger charge is -2.23. The Balaban J connectivity index is 4.64. The van der Waals surface area contributed by atoms with Crippen molar-refractivity contribution >= 4 is 40.7 Å². The Bertz CT molecular complexity index is 429. The third kappa shape index (κ3) is 10.0. The van der Waals surface area contributed by atoms with Crippen molar-refractivity contribution in [2.45, 2.75) is 38.8 Å². The van der Waals surface area contributed by atoms with Crippen molar-refractivity contribution in [3.63, 3.8) is 0 Å². The Labute approximate surface area is 133 Å². The van der Waals surface area contributed by atoms with Crippen molar-refractivity contribution in [1.82, 2.24) is 10.6 Å². The van der Waals surface area contributed by atoms with E-state index in [0.717, 1.165) is 0 Å². The summed E-state index contributed by atoms with van der Waals surface area (Å²) >= 11 is 2.07. The van der Waals surface area contributed by atoms with E-state index in [2.05, 4.69) is 10.6 Å². The number of hydrogen-bond acceptors (Lipinski definition) is 7. The Morgan fingerprint density at radius 3 is 2.52 bits per heavy atom. The molecule has 0 fully saturated rings. The summed E-state index contributed by atoms with van der Waals surface area (Å²) in [7, 11) is 0. The number of alkyl carbamates (subject to hydrolysis) is 1. The van der Waals surface area contributed by atoms with Crippen LogP contribution in [-0.4, -0.2) is 40.8 Å². The predicted octanol–water partition coefficient (Wildman–Crippen LogP) is 1.90. The van der Waals surface area contributed by atoms with E-state index in [1.54, 1.807) is 26.2 Å². The molecule has 7 nitrogen and oxygen atoms in total. The van der Waals surface area contributed by atoms with Crippen LogP contribution < -0.4 is 10.6 Å². The largest absolute Gasteiger partial charge is 0.444 e. The highest BCUT2D eigenvalue weighted by Gasteiger charge is 2.24. The summed E-state index contributed by atoms with van der Waals surface area (Å²) < 4.78 is 5.10. The van der Waals surface area contributed by atoms with E-state index in [0.29, 0.717) is 23.9 Å². The molecule has 1 atom stereocenters. The Morgan fingerprint density at radius 2 is 2.05 bits per heavy atom. The number of nitrogens with zero attached hydrogens (tertiary/aromatic N) is 1. The van der Waals surface area contributed by atoms with Crippen LogP contribution in [0.15, 0.2) is 0 Å². The summed E-state index contributed by atoms with van der Waals surface area (Å²) in [6.45, 7) is 5.17. The van der Waals surface area contributed by atoms with Crippen LogP contribution in [-0.2, 0) is 9.53 Å². The smallest absolute Gasteiger partial charge is 0.408 e. The Morgan fingerprint density at radius 1 is 1.43 bits per heavy atom. The first kappa shape index (κ1) is 19.6. The van der Waals surface area contributed by atoms with Crippen molar-refractivity contribution in [3.05, 3.63) is 0 Å². The molecule has 0 saturated carbocycles. The molecule has 9 heteroatoms. The third-order valence-electron chi connectivity index (χ3n) is 2.00. The van der Waals surface area contributed by atoms with Gasteiger partial charge in [0, 0.05) is 11.8 Å². The number of thiocyanates is 1. The fraction of sp³-hybridized carbons (Fsp3) is 0.667. The molecule has 0 aromatic heterocycles. The molecule has 0 aliphatic rings. The second-order valence-corrected chi connectivity index (χ2v) is 6.77. The second kappa shape index (κ2) is 9.52. The van der Waals surface area contributed by atoms with Crippen LogP contribution in [0.2, 0.25) is 0 Å². The highest BCUT2D eigenvalue weighted by atomic mass is 32.2. The van der Waals surface area contributed by atoms with Crippen molar-refractivity contribution in [1.29, 1.82) is 10.7 Å². The summed E-state index contributed by atoms with van der Waals surface area (Å²) in [5, 5.41) is 22.0. The van der Waals surface area contributed by atoms with Gasteiger partial charge >= 0.3 is 6.09 Å². The van der Waals surface area contributed by atoms with Crippen LogP contribution in [0, 0.1) is 16.1 Å². The van der Waals surface area contributed by atoms with Crippen LogP contribution in [0.5, 0.6) is 0 Å². The number of nitriles is 1. The maximum Gasteiger partial charge on any atom is 0.408 e. The van der Waals surface area contributed by atoms with Gasteiger partial charge in [0.05, 0.1) is 0 Å². The molecule has 21 heavy (non-hydrogen) atoms. The van der Waals surface area contributed by atoms with E-state index < -0.39 is 23.6 Å². The molecule has 118 valence electrons. The van der Waals surface area contributed by atoms with Crippen LogP contribution in [0.4, 0.5) is 4.79 Å². The zero-order valence-corrected chi connectivity index (χ0v) is 14.1. The van der Waals surface area contributed by atoms with E-state index in [-0.39, 0.29) is 5.17 Å². The number of thioether (sulfide) groups is 2. The maximum atomic E-state index is 12.0. The fourth-order valence-electron chi connectivity index (χ4n) is 1.22. The minimum atomic E-state index is -0.813. The lowest BCUT2D eigenvalue weighted by molar-refractivity contribution is -0.121. The van der Waals surface area contributed by atoms with Gasteiger partial charge < -0.3 is 15.4 Å². The number of amides is 2. The second-order valence-electron chi connectivity index (χ2n) is 4.99. The van der Waals surface area contributed by atoms with Gasteiger partial charge in [0.15, 0.2) is 5.17 Å². The summed E-state index contributed by atoms with van der Waals surface area (Å²) in [6, 6.07) is -0.813. The lowest BCUT2D eigenvalue weighted by Crippen LogP contribution is -2.49. The number of nitrogens with one attached hydrogen (secondary N) is 3. The van der Waals surface area contributed by atoms with Gasteiger partial charge in [0.1, 0.15) is 17.0 Å². The Hall–Kier alpha value is -1.40. The number of carbonyl (C=O) groups is 2. The van der Waals surface area contributed by atoms with Gasteiger partial charge in [-0.1, -0.05) is 0 Å². The van der Waals surface area contributed by atoms with Gasteiger partial charge in [0.25, 0.3) is 0 Å². The molecule has 0 aliphatic carbocycles. The van der Waals surface area contributed by atoms with E-state index in [1.165, 1.54) is 11.8 Å². The predicted molar refractivity (Wildman–Crippen MR) is 85.2 cm³/mol. The molecule has 0 aliphatic heterocycles. The SMILES string of the molecule is CSCCC(NC(=O)OC(C)(C)C)C(=O)NC(=N)SC#N. The van der Waals surface area contributed by atoms with Gasteiger partial charge in [-0.15, -0.1) is 0 Å². The van der Waals surface area contributed by atoms with Gasteiger partial charge in [-0.2, -0.15) is 17.0 Å². The van der Waals surface area contributed by atoms with Crippen molar-refractivity contribution in [3.8, 4) is 5.40 Å². The number of carbonyl (C=O) groups excluding carboxylic acids is 2. The molecule has 0 aromatic rings. The monoisotopic (exact) mass is 332 g/mol. The normalized spacial score (nSPS) is 12.0. The molecule has 0 spiro atoms. The minimum Gasteiger partial charge on any atom is -0.444 e. The van der Waals surface area contributed by atoms with Crippen LogP contribution in [0.3, 0.4) is 0 Å². The van der Waals surface area contributed by atoms with E-state index in [4.69, 9.17) is 15.4 Å². The molecule has 0 radical (unpaired) electrons. The number of ether oxygens (including phenoxy) is 1. The zero-order valence-electron chi connectivity index (χ0n) is 12.5. The molecule has 1 unspecified atom stereocenters. The topological polar surface area (TPSA) is 115 Å². The van der Waals surface area contributed by atoms with Crippen LogP contribution >= 0.6 is 23.5 Å². The summed E-state index contributed by atoms with van der Waals surface area (Å²) in [4.78, 5) is 23.7. The van der Waals surface area contributed by atoms with Gasteiger partial charge in [-0.25, -0.2) is 4.79 Å². The zero-order chi connectivity index (χ0) is 16.5. The van der Waals surface area contributed by atoms with E-state index in [1.807, 2.05) is 6.26 Å². The number of hydrogen-bond donors (Lipinski definition) is 3.